The van der Waals surface area contributed by atoms with Crippen molar-refractivity contribution in [1.29, 1.82) is 0 Å². The van der Waals surface area contributed by atoms with Gasteiger partial charge in [-0.1, -0.05) is 38.7 Å². The summed E-state index contributed by atoms with van der Waals surface area (Å²) in [5, 5.41) is 0. The zero-order chi connectivity index (χ0) is 13.9. The first kappa shape index (κ1) is 15.1. The van der Waals surface area contributed by atoms with Crippen molar-refractivity contribution in [2.75, 3.05) is 13.1 Å². The second-order valence-electron chi connectivity index (χ2n) is 7.75. The smallest absolute Gasteiger partial charge is 0.00953 e. The third-order valence-electron chi connectivity index (χ3n) is 5.41. The second kappa shape index (κ2) is 6.43. The van der Waals surface area contributed by atoms with Gasteiger partial charge in [0.15, 0.2) is 0 Å². The Morgan fingerprint density at radius 3 is 2.42 bits per heavy atom. The second-order valence-corrected chi connectivity index (χ2v) is 7.75. The Morgan fingerprint density at radius 2 is 1.79 bits per heavy atom. The van der Waals surface area contributed by atoms with Gasteiger partial charge in [0.05, 0.1) is 0 Å². The fourth-order valence-corrected chi connectivity index (χ4v) is 4.34. The maximum Gasteiger partial charge on any atom is 0.00953 e. The quantitative estimate of drug-likeness (QED) is 0.643. The van der Waals surface area contributed by atoms with Gasteiger partial charge >= 0.3 is 0 Å². The van der Waals surface area contributed by atoms with Crippen LogP contribution in [0.1, 0.15) is 72.1 Å². The van der Waals surface area contributed by atoms with E-state index in [0.29, 0.717) is 5.41 Å². The molecule has 0 aromatic rings. The Balaban J connectivity index is 1.94. The monoisotopic (exact) mass is 263 g/mol. The maximum absolute atomic E-state index is 4.13. The lowest BCUT2D eigenvalue weighted by atomic mass is 9.71. The molecule has 1 aliphatic carbocycles. The van der Waals surface area contributed by atoms with Crippen LogP contribution in [0.2, 0.25) is 0 Å². The van der Waals surface area contributed by atoms with Crippen molar-refractivity contribution in [1.82, 2.24) is 4.90 Å². The number of allylic oxidation sites excluding steroid dienone is 1. The molecular weight excluding hydrogens is 230 g/mol. The standard InChI is InChI=1S/C18H33N/c1-15(2)13-18(3,4)16-9-8-12-19(14-16)17-10-6-5-7-11-17/h16-17H,1,5-14H2,2-4H3. The zero-order valence-corrected chi connectivity index (χ0v) is 13.4. The molecule has 2 aliphatic rings. The number of hydrogen-bond acceptors (Lipinski definition) is 1. The van der Waals surface area contributed by atoms with E-state index in [0.717, 1.165) is 12.0 Å². The van der Waals surface area contributed by atoms with Crippen LogP contribution in [0, 0.1) is 11.3 Å². The minimum absolute atomic E-state index is 0.430. The highest BCUT2D eigenvalue weighted by atomic mass is 15.2. The predicted octanol–water partition coefficient (Wildman–Crippen LogP) is 5.02. The lowest BCUT2D eigenvalue weighted by Gasteiger charge is -2.45. The molecule has 2 rings (SSSR count). The van der Waals surface area contributed by atoms with E-state index >= 15 is 0 Å². The van der Waals surface area contributed by atoms with Crippen molar-refractivity contribution in [2.45, 2.75) is 78.2 Å². The van der Waals surface area contributed by atoms with Crippen molar-refractivity contribution in [2.24, 2.45) is 11.3 Å². The van der Waals surface area contributed by atoms with Crippen LogP contribution in [0.5, 0.6) is 0 Å². The van der Waals surface area contributed by atoms with Gasteiger partial charge in [0, 0.05) is 12.6 Å². The van der Waals surface area contributed by atoms with Crippen LogP contribution in [-0.2, 0) is 0 Å². The first-order valence-corrected chi connectivity index (χ1v) is 8.37. The molecule has 1 heterocycles. The maximum atomic E-state index is 4.13. The molecule has 0 spiro atoms. The van der Waals surface area contributed by atoms with E-state index in [-0.39, 0.29) is 0 Å². The Morgan fingerprint density at radius 1 is 1.11 bits per heavy atom. The summed E-state index contributed by atoms with van der Waals surface area (Å²) in [6.07, 6.45) is 11.3. The summed E-state index contributed by atoms with van der Waals surface area (Å²) in [4.78, 5) is 2.83. The molecule has 110 valence electrons. The van der Waals surface area contributed by atoms with E-state index in [1.807, 2.05) is 0 Å². The largest absolute Gasteiger partial charge is 0.300 e. The molecule has 0 bridgehead atoms. The lowest BCUT2D eigenvalue weighted by Crippen LogP contribution is -2.47. The van der Waals surface area contributed by atoms with Gasteiger partial charge in [-0.05, 0) is 56.9 Å². The Bertz CT molecular complexity index is 299. The molecule has 1 heteroatoms. The van der Waals surface area contributed by atoms with Crippen LogP contribution in [0.15, 0.2) is 12.2 Å². The van der Waals surface area contributed by atoms with Gasteiger partial charge in [0.1, 0.15) is 0 Å². The van der Waals surface area contributed by atoms with E-state index in [1.165, 1.54) is 70.0 Å². The Kier molecular flexibility index (Phi) is 5.11. The van der Waals surface area contributed by atoms with E-state index in [9.17, 15) is 0 Å². The van der Waals surface area contributed by atoms with Crippen LogP contribution in [0.3, 0.4) is 0 Å². The molecule has 0 amide bonds. The SMILES string of the molecule is C=C(C)CC(C)(C)C1CCCN(C2CCCCC2)C1. The topological polar surface area (TPSA) is 3.24 Å². The summed E-state index contributed by atoms with van der Waals surface area (Å²) in [6.45, 7) is 13.9. The van der Waals surface area contributed by atoms with Gasteiger partial charge in [0.25, 0.3) is 0 Å². The summed E-state index contributed by atoms with van der Waals surface area (Å²) in [7, 11) is 0. The molecule has 1 nitrogen and oxygen atoms in total. The van der Waals surface area contributed by atoms with Crippen LogP contribution in [-0.4, -0.2) is 24.0 Å². The molecule has 1 saturated heterocycles. The number of rotatable bonds is 4. The molecule has 2 fully saturated rings. The first-order chi connectivity index (χ1) is 8.99. The number of hydrogen-bond donors (Lipinski definition) is 0. The van der Waals surface area contributed by atoms with Gasteiger partial charge in [-0.25, -0.2) is 0 Å². The average molecular weight is 263 g/mol. The van der Waals surface area contributed by atoms with Crippen LogP contribution < -0.4 is 0 Å². The molecule has 1 aliphatic heterocycles. The zero-order valence-electron chi connectivity index (χ0n) is 13.4. The van der Waals surface area contributed by atoms with Gasteiger partial charge < -0.3 is 4.90 Å². The van der Waals surface area contributed by atoms with Crippen LogP contribution in [0.25, 0.3) is 0 Å². The van der Waals surface area contributed by atoms with E-state index in [1.54, 1.807) is 0 Å². The third kappa shape index (κ3) is 4.08. The summed E-state index contributed by atoms with van der Waals surface area (Å²) < 4.78 is 0. The summed E-state index contributed by atoms with van der Waals surface area (Å²) >= 11 is 0. The highest BCUT2D eigenvalue weighted by molar-refractivity contribution is 4.98. The summed E-state index contributed by atoms with van der Waals surface area (Å²) in [6, 6.07) is 0.900. The first-order valence-electron chi connectivity index (χ1n) is 8.37. The van der Waals surface area contributed by atoms with Crippen molar-refractivity contribution < 1.29 is 0 Å². The third-order valence-corrected chi connectivity index (χ3v) is 5.41. The molecule has 0 N–H and O–H groups in total. The van der Waals surface area contributed by atoms with Crippen molar-refractivity contribution >= 4 is 0 Å². The highest BCUT2D eigenvalue weighted by Crippen LogP contribution is 2.39. The molecule has 0 aromatic heterocycles. The number of nitrogens with zero attached hydrogens (tertiary/aromatic N) is 1. The summed E-state index contributed by atoms with van der Waals surface area (Å²) in [5.41, 5.74) is 1.78. The van der Waals surface area contributed by atoms with Crippen molar-refractivity contribution in [3.05, 3.63) is 12.2 Å². The minimum Gasteiger partial charge on any atom is -0.300 e. The molecule has 0 aromatic carbocycles. The number of likely N-dealkylation sites (tertiary alicyclic amines) is 1. The van der Waals surface area contributed by atoms with Gasteiger partial charge in [-0.3, -0.25) is 0 Å². The van der Waals surface area contributed by atoms with Gasteiger partial charge in [0.2, 0.25) is 0 Å². The normalized spacial score (nSPS) is 27.4. The Labute approximate surface area is 120 Å². The Hall–Kier alpha value is -0.300. The van der Waals surface area contributed by atoms with E-state index in [2.05, 4.69) is 32.3 Å². The van der Waals surface area contributed by atoms with Crippen molar-refractivity contribution in [3.63, 3.8) is 0 Å². The van der Waals surface area contributed by atoms with Gasteiger partial charge in [-0.2, -0.15) is 0 Å². The fourth-order valence-electron chi connectivity index (χ4n) is 4.34. The predicted molar refractivity (Wildman–Crippen MR) is 84.4 cm³/mol. The highest BCUT2D eigenvalue weighted by Gasteiger charge is 2.35. The van der Waals surface area contributed by atoms with Gasteiger partial charge in [-0.15, -0.1) is 6.58 Å². The molecular formula is C18H33N. The minimum atomic E-state index is 0.430. The number of piperidine rings is 1. The lowest BCUT2D eigenvalue weighted by molar-refractivity contribution is 0.0474. The van der Waals surface area contributed by atoms with Crippen molar-refractivity contribution in [3.8, 4) is 0 Å². The van der Waals surface area contributed by atoms with E-state index < -0.39 is 0 Å². The fraction of sp³-hybridized carbons (Fsp3) is 0.889. The summed E-state index contributed by atoms with van der Waals surface area (Å²) in [5.74, 6) is 0.861. The molecule has 1 atom stereocenters. The average Bonchev–Trinajstić information content (AvgIpc) is 2.38. The van der Waals surface area contributed by atoms with Crippen LogP contribution >= 0.6 is 0 Å². The molecule has 19 heavy (non-hydrogen) atoms. The molecule has 0 radical (unpaired) electrons. The van der Waals surface area contributed by atoms with Crippen LogP contribution in [0.4, 0.5) is 0 Å². The molecule has 1 unspecified atom stereocenters. The van der Waals surface area contributed by atoms with E-state index in [4.69, 9.17) is 0 Å². The molecule has 1 saturated carbocycles.